The van der Waals surface area contributed by atoms with Crippen molar-refractivity contribution >= 4 is 11.9 Å². The molecule has 0 aromatic heterocycles. The minimum atomic E-state index is -0.203. The van der Waals surface area contributed by atoms with Crippen molar-refractivity contribution in [3.8, 4) is 0 Å². The van der Waals surface area contributed by atoms with Crippen LogP contribution >= 0.6 is 0 Å². The van der Waals surface area contributed by atoms with Crippen LogP contribution in [0, 0.1) is 5.92 Å². The van der Waals surface area contributed by atoms with E-state index < -0.39 is 0 Å². The lowest BCUT2D eigenvalue weighted by molar-refractivity contribution is -0.119. The van der Waals surface area contributed by atoms with E-state index in [2.05, 4.69) is 39.5 Å². The second-order valence-electron chi connectivity index (χ2n) is 6.65. The molecule has 2 aliphatic rings. The number of aliphatic imine (C=N–C) groups is 1. The average molecular weight is 314 g/mol. The summed E-state index contributed by atoms with van der Waals surface area (Å²) < 4.78 is 0. The van der Waals surface area contributed by atoms with Crippen LogP contribution in [0.2, 0.25) is 0 Å². The monoisotopic (exact) mass is 314 g/mol. The quantitative estimate of drug-likeness (QED) is 0.653. The van der Waals surface area contributed by atoms with Gasteiger partial charge in [-0.25, -0.2) is 0 Å². The number of carbonyl (C=O) groups excluding carboxylic acids is 1. The van der Waals surface area contributed by atoms with Crippen molar-refractivity contribution in [1.29, 1.82) is 0 Å². The molecule has 2 unspecified atom stereocenters. The number of guanidine groups is 1. The predicted octanol–water partition coefficient (Wildman–Crippen LogP) is 1.49. The van der Waals surface area contributed by atoms with Gasteiger partial charge in [0.1, 0.15) is 0 Å². The molecule has 3 rings (SSSR count). The van der Waals surface area contributed by atoms with Crippen molar-refractivity contribution in [2.24, 2.45) is 16.6 Å². The fourth-order valence-electron chi connectivity index (χ4n) is 3.80. The number of nitrogens with two attached hydrogens (primary N) is 1. The summed E-state index contributed by atoms with van der Waals surface area (Å²) >= 11 is 0. The Labute approximate surface area is 138 Å². The molecule has 5 nitrogen and oxygen atoms in total. The number of amides is 1. The minimum Gasteiger partial charge on any atom is -0.370 e. The summed E-state index contributed by atoms with van der Waals surface area (Å²) in [6.45, 7) is 2.78. The Morgan fingerprint density at radius 3 is 3.00 bits per heavy atom. The SMILES string of the molecule is CN=C(NCC1Cc2ccccc21)N1CCCC(CC(N)=O)C1. The molecule has 1 saturated heterocycles. The Morgan fingerprint density at radius 2 is 2.26 bits per heavy atom. The molecule has 2 atom stereocenters. The van der Waals surface area contributed by atoms with Gasteiger partial charge in [-0.2, -0.15) is 0 Å². The molecule has 1 fully saturated rings. The predicted molar refractivity (Wildman–Crippen MR) is 92.4 cm³/mol. The second-order valence-corrected chi connectivity index (χ2v) is 6.65. The molecule has 0 bridgehead atoms. The molecule has 1 heterocycles. The molecular weight excluding hydrogens is 288 g/mol. The van der Waals surface area contributed by atoms with Crippen molar-refractivity contribution in [2.75, 3.05) is 26.7 Å². The number of benzene rings is 1. The Hall–Kier alpha value is -2.04. The number of carbonyl (C=O) groups is 1. The molecule has 124 valence electrons. The van der Waals surface area contributed by atoms with Crippen LogP contribution in [0.4, 0.5) is 0 Å². The van der Waals surface area contributed by atoms with E-state index in [0.29, 0.717) is 18.3 Å². The molecule has 5 heteroatoms. The van der Waals surface area contributed by atoms with Crippen molar-refractivity contribution in [3.05, 3.63) is 35.4 Å². The van der Waals surface area contributed by atoms with Gasteiger partial charge in [0.15, 0.2) is 5.96 Å². The van der Waals surface area contributed by atoms with Crippen molar-refractivity contribution in [1.82, 2.24) is 10.2 Å². The Bertz CT molecular complexity index is 598. The Kier molecular flexibility index (Phi) is 4.84. The van der Waals surface area contributed by atoms with E-state index in [1.54, 1.807) is 0 Å². The third kappa shape index (κ3) is 3.66. The molecule has 0 radical (unpaired) electrons. The van der Waals surface area contributed by atoms with Gasteiger partial charge >= 0.3 is 0 Å². The molecule has 1 amide bonds. The van der Waals surface area contributed by atoms with E-state index in [4.69, 9.17) is 5.73 Å². The number of hydrogen-bond donors (Lipinski definition) is 2. The van der Waals surface area contributed by atoms with Crippen LogP contribution in [0.25, 0.3) is 0 Å². The van der Waals surface area contributed by atoms with E-state index in [1.165, 1.54) is 11.1 Å². The molecule has 0 spiro atoms. The maximum atomic E-state index is 11.1. The summed E-state index contributed by atoms with van der Waals surface area (Å²) in [4.78, 5) is 17.8. The normalized spacial score (nSPS) is 23.9. The lowest BCUT2D eigenvalue weighted by atomic mass is 9.78. The van der Waals surface area contributed by atoms with Crippen LogP contribution in [-0.4, -0.2) is 43.4 Å². The first-order chi connectivity index (χ1) is 11.2. The molecule has 1 aromatic carbocycles. The smallest absolute Gasteiger partial charge is 0.217 e. The fourth-order valence-corrected chi connectivity index (χ4v) is 3.80. The first-order valence-electron chi connectivity index (χ1n) is 8.49. The van der Waals surface area contributed by atoms with Gasteiger partial charge in [0.05, 0.1) is 0 Å². The molecule has 0 saturated carbocycles. The lowest BCUT2D eigenvalue weighted by Crippen LogP contribution is -2.48. The van der Waals surface area contributed by atoms with Gasteiger partial charge in [-0.15, -0.1) is 0 Å². The highest BCUT2D eigenvalue weighted by Gasteiger charge is 2.27. The van der Waals surface area contributed by atoms with Crippen LogP contribution in [0.5, 0.6) is 0 Å². The number of piperidine rings is 1. The number of hydrogen-bond acceptors (Lipinski definition) is 2. The summed E-state index contributed by atoms with van der Waals surface area (Å²) in [5, 5.41) is 3.52. The van der Waals surface area contributed by atoms with Gasteiger partial charge in [0, 0.05) is 39.0 Å². The highest BCUT2D eigenvalue weighted by molar-refractivity contribution is 5.80. The maximum Gasteiger partial charge on any atom is 0.217 e. The van der Waals surface area contributed by atoms with Gasteiger partial charge < -0.3 is 16.0 Å². The van der Waals surface area contributed by atoms with Crippen LogP contribution in [0.3, 0.4) is 0 Å². The van der Waals surface area contributed by atoms with E-state index >= 15 is 0 Å². The number of nitrogens with zero attached hydrogens (tertiary/aromatic N) is 2. The van der Waals surface area contributed by atoms with Gasteiger partial charge in [-0.1, -0.05) is 24.3 Å². The lowest BCUT2D eigenvalue weighted by Gasteiger charge is -2.36. The standard InChI is InChI=1S/C18H26N4O/c1-20-18(22-8-4-5-13(12-22)9-17(19)23)21-11-15-10-14-6-2-3-7-16(14)15/h2-3,6-7,13,15H,4-5,8-12H2,1H3,(H2,19,23)(H,20,21). The summed E-state index contributed by atoms with van der Waals surface area (Å²) in [6.07, 6.45) is 3.78. The summed E-state index contributed by atoms with van der Waals surface area (Å²) in [6, 6.07) is 8.64. The van der Waals surface area contributed by atoms with Crippen LogP contribution in [0.15, 0.2) is 29.3 Å². The number of primary amides is 1. The van der Waals surface area contributed by atoms with E-state index in [-0.39, 0.29) is 5.91 Å². The second kappa shape index (κ2) is 7.02. The number of fused-ring (bicyclic) bond motifs is 1. The molecule has 1 aliphatic heterocycles. The third-order valence-corrected chi connectivity index (χ3v) is 4.99. The Morgan fingerprint density at radius 1 is 1.43 bits per heavy atom. The topological polar surface area (TPSA) is 70.7 Å². The molecule has 1 aromatic rings. The molecule has 3 N–H and O–H groups in total. The van der Waals surface area contributed by atoms with Crippen LogP contribution in [0.1, 0.15) is 36.3 Å². The molecule has 23 heavy (non-hydrogen) atoms. The summed E-state index contributed by atoms with van der Waals surface area (Å²) in [5.41, 5.74) is 8.27. The van der Waals surface area contributed by atoms with E-state index in [1.807, 2.05) is 7.05 Å². The molecule has 1 aliphatic carbocycles. The van der Waals surface area contributed by atoms with E-state index in [0.717, 1.165) is 44.9 Å². The maximum absolute atomic E-state index is 11.1. The average Bonchev–Trinajstić information content (AvgIpc) is 2.51. The first-order valence-corrected chi connectivity index (χ1v) is 8.49. The van der Waals surface area contributed by atoms with Gasteiger partial charge in [0.25, 0.3) is 0 Å². The van der Waals surface area contributed by atoms with Crippen molar-refractivity contribution < 1.29 is 4.79 Å². The number of rotatable bonds is 4. The van der Waals surface area contributed by atoms with Crippen molar-refractivity contribution in [3.63, 3.8) is 0 Å². The van der Waals surface area contributed by atoms with Crippen molar-refractivity contribution in [2.45, 2.75) is 31.6 Å². The largest absolute Gasteiger partial charge is 0.370 e. The number of nitrogens with one attached hydrogen (secondary N) is 1. The summed E-state index contributed by atoms with van der Waals surface area (Å²) in [5.74, 6) is 1.67. The third-order valence-electron chi connectivity index (χ3n) is 4.99. The zero-order valence-electron chi connectivity index (χ0n) is 13.8. The zero-order chi connectivity index (χ0) is 16.2. The van der Waals surface area contributed by atoms with Crippen LogP contribution in [-0.2, 0) is 11.2 Å². The highest BCUT2D eigenvalue weighted by atomic mass is 16.1. The minimum absolute atomic E-state index is 0.203. The summed E-state index contributed by atoms with van der Waals surface area (Å²) in [7, 11) is 1.83. The van der Waals surface area contributed by atoms with Gasteiger partial charge in [-0.05, 0) is 36.3 Å². The van der Waals surface area contributed by atoms with Gasteiger partial charge in [-0.3, -0.25) is 9.79 Å². The van der Waals surface area contributed by atoms with E-state index in [9.17, 15) is 4.79 Å². The van der Waals surface area contributed by atoms with Gasteiger partial charge in [0.2, 0.25) is 5.91 Å². The molecular formula is C18H26N4O. The highest BCUT2D eigenvalue weighted by Crippen LogP contribution is 2.34. The Balaban J connectivity index is 1.53. The van der Waals surface area contributed by atoms with Crippen LogP contribution < -0.4 is 11.1 Å². The fraction of sp³-hybridized carbons (Fsp3) is 0.556. The first kappa shape index (κ1) is 15.8. The zero-order valence-corrected chi connectivity index (χ0v) is 13.8. The number of likely N-dealkylation sites (tertiary alicyclic amines) is 1.